The van der Waals surface area contributed by atoms with Crippen LogP contribution in [-0.2, 0) is 9.53 Å². The molecule has 1 rings (SSSR count). The summed E-state index contributed by atoms with van der Waals surface area (Å²) in [6, 6.07) is 4.29. The van der Waals surface area contributed by atoms with Gasteiger partial charge in [0, 0.05) is 18.2 Å². The van der Waals surface area contributed by atoms with Gasteiger partial charge < -0.3 is 15.2 Å². The zero-order valence-corrected chi connectivity index (χ0v) is 9.90. The quantitative estimate of drug-likeness (QED) is 0.792. The Morgan fingerprint density at radius 1 is 1.53 bits per heavy atom. The Labute approximate surface area is 99.5 Å². The molecule has 1 atom stereocenters. The van der Waals surface area contributed by atoms with E-state index >= 15 is 0 Å². The molecule has 1 aromatic carbocycles. The Hall–Kier alpha value is -1.62. The third-order valence-corrected chi connectivity index (χ3v) is 2.39. The minimum atomic E-state index is -0.777. The number of halogens is 1. The zero-order chi connectivity index (χ0) is 12.8. The molecule has 4 nitrogen and oxygen atoms in total. The van der Waals surface area contributed by atoms with Crippen molar-refractivity contribution in [2.24, 2.45) is 5.73 Å². The van der Waals surface area contributed by atoms with Crippen molar-refractivity contribution in [3.63, 3.8) is 0 Å². The number of rotatable bonds is 5. The van der Waals surface area contributed by atoms with Crippen molar-refractivity contribution in [1.29, 1.82) is 0 Å². The number of esters is 1. The van der Waals surface area contributed by atoms with Crippen LogP contribution in [0.2, 0.25) is 0 Å². The Bertz CT molecular complexity index is 395. The fraction of sp³-hybridized carbons (Fsp3) is 0.417. The Morgan fingerprint density at radius 3 is 2.71 bits per heavy atom. The summed E-state index contributed by atoms with van der Waals surface area (Å²) in [6.45, 7) is 1.94. The van der Waals surface area contributed by atoms with Gasteiger partial charge in [-0.3, -0.25) is 4.79 Å². The molecule has 0 aromatic heterocycles. The van der Waals surface area contributed by atoms with E-state index in [1.54, 1.807) is 13.0 Å². The van der Waals surface area contributed by atoms with E-state index in [2.05, 4.69) is 0 Å². The van der Waals surface area contributed by atoms with Gasteiger partial charge in [-0.1, -0.05) is 6.07 Å². The van der Waals surface area contributed by atoms with Gasteiger partial charge in [-0.15, -0.1) is 0 Å². The lowest BCUT2D eigenvalue weighted by Gasteiger charge is -2.15. The molecule has 0 amide bonds. The van der Waals surface area contributed by atoms with E-state index in [0.29, 0.717) is 5.75 Å². The van der Waals surface area contributed by atoms with Crippen LogP contribution in [-0.4, -0.2) is 26.2 Å². The average Bonchev–Trinajstić information content (AvgIpc) is 2.32. The Morgan fingerprint density at radius 2 is 2.24 bits per heavy atom. The van der Waals surface area contributed by atoms with Gasteiger partial charge in [0.15, 0.2) is 0 Å². The highest BCUT2D eigenvalue weighted by molar-refractivity contribution is 5.78. The summed E-state index contributed by atoms with van der Waals surface area (Å²) in [7, 11) is 1.44. The van der Waals surface area contributed by atoms with E-state index in [9.17, 15) is 9.18 Å². The molecule has 0 spiro atoms. The van der Waals surface area contributed by atoms with Crippen LogP contribution in [0.4, 0.5) is 4.39 Å². The van der Waals surface area contributed by atoms with E-state index in [0.717, 1.165) is 0 Å². The molecule has 17 heavy (non-hydrogen) atoms. The third kappa shape index (κ3) is 3.17. The second-order valence-corrected chi connectivity index (χ2v) is 3.43. The lowest BCUT2D eigenvalue weighted by Crippen LogP contribution is -2.24. The molecule has 0 aliphatic carbocycles. The first-order valence-electron chi connectivity index (χ1n) is 5.34. The first-order chi connectivity index (χ1) is 8.13. The first-order valence-corrected chi connectivity index (χ1v) is 5.34. The average molecular weight is 241 g/mol. The monoisotopic (exact) mass is 241 g/mol. The largest absolute Gasteiger partial charge is 0.497 e. The van der Waals surface area contributed by atoms with Gasteiger partial charge in [0.1, 0.15) is 11.6 Å². The van der Waals surface area contributed by atoms with Crippen LogP contribution < -0.4 is 10.5 Å². The molecular weight excluding hydrogens is 225 g/mol. The summed E-state index contributed by atoms with van der Waals surface area (Å²) in [4.78, 5) is 11.6. The van der Waals surface area contributed by atoms with Crippen LogP contribution in [0.15, 0.2) is 18.2 Å². The molecule has 0 saturated heterocycles. The van der Waals surface area contributed by atoms with Crippen LogP contribution in [0.3, 0.4) is 0 Å². The molecule has 0 aliphatic heterocycles. The number of ether oxygens (including phenoxy) is 2. The fourth-order valence-electron chi connectivity index (χ4n) is 1.51. The maximum Gasteiger partial charge on any atom is 0.314 e. The molecule has 94 valence electrons. The molecular formula is C12H16FNO3. The third-order valence-electron chi connectivity index (χ3n) is 2.39. The van der Waals surface area contributed by atoms with Gasteiger partial charge >= 0.3 is 5.97 Å². The molecule has 0 fully saturated rings. The standard InChI is InChI=1S/C12H16FNO3/c1-3-17-12(15)10(7-14)9-5-4-8(16-2)6-11(9)13/h4-6,10H,3,7,14H2,1-2H3. The predicted molar refractivity (Wildman–Crippen MR) is 61.4 cm³/mol. The van der Waals surface area contributed by atoms with Gasteiger partial charge in [0.25, 0.3) is 0 Å². The summed E-state index contributed by atoms with van der Waals surface area (Å²) >= 11 is 0. The Balaban J connectivity index is 2.99. The lowest BCUT2D eigenvalue weighted by molar-refractivity contribution is -0.144. The van der Waals surface area contributed by atoms with E-state index < -0.39 is 17.7 Å². The summed E-state index contributed by atoms with van der Waals surface area (Å²) in [5, 5.41) is 0. The second-order valence-electron chi connectivity index (χ2n) is 3.43. The van der Waals surface area contributed by atoms with E-state index in [1.807, 2.05) is 0 Å². The Kier molecular flexibility index (Phi) is 4.90. The number of carbonyl (C=O) groups is 1. The van der Waals surface area contributed by atoms with E-state index in [1.165, 1.54) is 19.2 Å². The highest BCUT2D eigenvalue weighted by Crippen LogP contribution is 2.23. The van der Waals surface area contributed by atoms with Crippen molar-refractivity contribution in [3.8, 4) is 5.75 Å². The zero-order valence-electron chi connectivity index (χ0n) is 9.90. The number of methoxy groups -OCH3 is 1. The number of carbonyl (C=O) groups excluding carboxylic acids is 1. The van der Waals surface area contributed by atoms with Crippen molar-refractivity contribution in [1.82, 2.24) is 0 Å². The lowest BCUT2D eigenvalue weighted by atomic mass is 9.98. The highest BCUT2D eigenvalue weighted by atomic mass is 19.1. The maximum absolute atomic E-state index is 13.7. The molecule has 1 unspecified atom stereocenters. The molecule has 0 aliphatic rings. The molecule has 0 saturated carbocycles. The molecule has 0 heterocycles. The summed E-state index contributed by atoms with van der Waals surface area (Å²) in [6.07, 6.45) is 0. The van der Waals surface area contributed by atoms with Crippen molar-refractivity contribution >= 4 is 5.97 Å². The van der Waals surface area contributed by atoms with E-state index in [-0.39, 0.29) is 18.7 Å². The van der Waals surface area contributed by atoms with Crippen LogP contribution in [0.25, 0.3) is 0 Å². The smallest absolute Gasteiger partial charge is 0.314 e. The van der Waals surface area contributed by atoms with Gasteiger partial charge in [0.2, 0.25) is 0 Å². The van der Waals surface area contributed by atoms with E-state index in [4.69, 9.17) is 15.2 Å². The van der Waals surface area contributed by atoms with Crippen LogP contribution in [0, 0.1) is 5.82 Å². The fourth-order valence-corrected chi connectivity index (χ4v) is 1.51. The summed E-state index contributed by atoms with van der Waals surface area (Å²) in [5.41, 5.74) is 5.71. The van der Waals surface area contributed by atoms with Crippen LogP contribution in [0.5, 0.6) is 5.75 Å². The van der Waals surface area contributed by atoms with Gasteiger partial charge in [-0.05, 0) is 13.0 Å². The van der Waals surface area contributed by atoms with Crippen LogP contribution >= 0.6 is 0 Å². The predicted octanol–water partition coefficient (Wildman–Crippen LogP) is 1.44. The highest BCUT2D eigenvalue weighted by Gasteiger charge is 2.23. The second kappa shape index (κ2) is 6.20. The minimum absolute atomic E-state index is 0.00207. The molecule has 2 N–H and O–H groups in total. The van der Waals surface area contributed by atoms with Crippen LogP contribution in [0.1, 0.15) is 18.4 Å². The minimum Gasteiger partial charge on any atom is -0.497 e. The van der Waals surface area contributed by atoms with Crippen molar-refractivity contribution in [3.05, 3.63) is 29.6 Å². The first kappa shape index (κ1) is 13.4. The molecule has 1 aromatic rings. The molecule has 5 heteroatoms. The van der Waals surface area contributed by atoms with Crippen molar-refractivity contribution in [2.75, 3.05) is 20.3 Å². The van der Waals surface area contributed by atoms with Gasteiger partial charge in [-0.25, -0.2) is 4.39 Å². The van der Waals surface area contributed by atoms with Crippen molar-refractivity contribution in [2.45, 2.75) is 12.8 Å². The van der Waals surface area contributed by atoms with Gasteiger partial charge in [-0.2, -0.15) is 0 Å². The van der Waals surface area contributed by atoms with Crippen molar-refractivity contribution < 1.29 is 18.7 Å². The SMILES string of the molecule is CCOC(=O)C(CN)c1ccc(OC)cc1F. The summed E-state index contributed by atoms with van der Waals surface area (Å²) in [5.74, 6) is -1.42. The van der Waals surface area contributed by atoms with Gasteiger partial charge in [0.05, 0.1) is 19.6 Å². The molecule has 0 bridgehead atoms. The summed E-state index contributed by atoms with van der Waals surface area (Å²) < 4.78 is 23.5. The normalized spacial score (nSPS) is 12.0. The molecule has 0 radical (unpaired) electrons. The topological polar surface area (TPSA) is 61.5 Å². The number of hydrogen-bond acceptors (Lipinski definition) is 4. The maximum atomic E-state index is 13.7. The number of hydrogen-bond donors (Lipinski definition) is 1. The number of nitrogens with two attached hydrogens (primary N) is 1. The number of benzene rings is 1.